The number of halogens is 8. The van der Waals surface area contributed by atoms with Crippen LogP contribution >= 0.6 is 0 Å². The van der Waals surface area contributed by atoms with Crippen LogP contribution in [0.4, 0.5) is 52.4 Å². The maximum Gasteiger partial charge on any atom is 0.418 e. The van der Waals surface area contributed by atoms with E-state index in [9.17, 15) is 44.7 Å². The molecule has 0 bridgehead atoms. The number of nitrogens with zero attached hydrogens (tertiary/aromatic N) is 3. The number of hydrogen-bond donors (Lipinski definition) is 3. The highest BCUT2D eigenvalue weighted by Gasteiger charge is 2.34. The van der Waals surface area contributed by atoms with Crippen molar-refractivity contribution in [2.45, 2.75) is 25.3 Å². The molecule has 4 aromatic rings. The van der Waals surface area contributed by atoms with Gasteiger partial charge in [-0.15, -0.1) is 0 Å². The first-order valence-corrected chi connectivity index (χ1v) is 13.1. The van der Waals surface area contributed by atoms with E-state index in [4.69, 9.17) is 9.47 Å². The van der Waals surface area contributed by atoms with Crippen LogP contribution in [0.15, 0.2) is 48.5 Å². The number of nitrogens with one attached hydrogen (secondary N) is 3. The van der Waals surface area contributed by atoms with Gasteiger partial charge in [-0.2, -0.15) is 31.3 Å². The van der Waals surface area contributed by atoms with E-state index in [-0.39, 0.29) is 36.0 Å². The number of aryl methyl sites for hydroxylation is 1. The van der Waals surface area contributed by atoms with Crippen molar-refractivity contribution in [3.63, 3.8) is 0 Å². The van der Waals surface area contributed by atoms with Gasteiger partial charge in [0.15, 0.2) is 12.3 Å². The molecule has 4 rings (SSSR count). The minimum Gasteiger partial charge on any atom is -0.471 e. The Balaban J connectivity index is 1.70. The number of alkyl halides is 8. The number of rotatable bonds is 11. The lowest BCUT2D eigenvalue weighted by molar-refractivity contribution is -0.138. The quantitative estimate of drug-likeness (QED) is 0.171. The molecule has 46 heavy (non-hydrogen) atoms. The Morgan fingerprint density at radius 3 is 2.26 bits per heavy atom. The summed E-state index contributed by atoms with van der Waals surface area (Å²) in [5, 5.41) is 7.38. The zero-order valence-corrected chi connectivity index (χ0v) is 23.8. The Bertz CT molecular complexity index is 1720. The molecule has 18 heteroatoms. The minimum absolute atomic E-state index is 0.0662. The lowest BCUT2D eigenvalue weighted by Gasteiger charge is -2.16. The van der Waals surface area contributed by atoms with E-state index < -0.39 is 65.5 Å². The molecule has 2 aromatic heterocycles. The maximum atomic E-state index is 13.9. The van der Waals surface area contributed by atoms with Crippen molar-refractivity contribution in [2.75, 3.05) is 31.0 Å². The predicted molar refractivity (Wildman–Crippen MR) is 148 cm³/mol. The average molecular weight is 661 g/mol. The molecule has 10 nitrogen and oxygen atoms in total. The molecule has 0 atom stereocenters. The minimum atomic E-state index is -4.80. The van der Waals surface area contributed by atoms with Crippen molar-refractivity contribution < 1.29 is 54.2 Å². The second-order valence-corrected chi connectivity index (χ2v) is 9.62. The van der Waals surface area contributed by atoms with E-state index in [0.29, 0.717) is 5.56 Å². The van der Waals surface area contributed by atoms with E-state index in [0.717, 1.165) is 42.5 Å². The predicted octanol–water partition coefficient (Wildman–Crippen LogP) is 5.91. The van der Waals surface area contributed by atoms with Gasteiger partial charge in [0.2, 0.25) is 17.7 Å². The fourth-order valence-electron chi connectivity index (χ4n) is 4.12. The Labute approximate surface area is 254 Å². The number of carbonyl (C=O) groups excluding carboxylic acids is 2. The van der Waals surface area contributed by atoms with Crippen LogP contribution in [-0.2, 0) is 35.5 Å². The number of aromatic nitrogens is 3. The van der Waals surface area contributed by atoms with Crippen LogP contribution in [-0.4, -0.2) is 53.1 Å². The maximum absolute atomic E-state index is 13.9. The van der Waals surface area contributed by atoms with Crippen LogP contribution < -0.4 is 20.7 Å². The third-order valence-electron chi connectivity index (χ3n) is 6.27. The standard InChI is InChI=1S/C28H24F8N6O4/c1-42-23-20(40-26(42)39-19-9-14(11-37-22(43)13-45-2)3-8-18(19)28(34,35)36)10-17(25(41-23)46-12-21(29)30)24(44)38-16-6-4-15(5-7-16)27(31,32)33/h3-10,21H,11-13H2,1-2H3,(H,37,43)(H,38,44)(H,39,40). The van der Waals surface area contributed by atoms with Crippen LogP contribution in [0.5, 0.6) is 5.88 Å². The molecule has 2 aromatic carbocycles. The first kappa shape index (κ1) is 33.9. The van der Waals surface area contributed by atoms with Gasteiger partial charge >= 0.3 is 12.4 Å². The summed E-state index contributed by atoms with van der Waals surface area (Å²) in [6, 6.07) is 7.60. The number of amides is 2. The number of ether oxygens (including phenoxy) is 2. The molecule has 0 saturated carbocycles. The zero-order chi connectivity index (χ0) is 33.8. The number of imidazole rings is 1. The first-order valence-electron chi connectivity index (χ1n) is 13.1. The van der Waals surface area contributed by atoms with Gasteiger partial charge in [0.1, 0.15) is 17.7 Å². The molecular weight excluding hydrogens is 636 g/mol. The molecule has 0 radical (unpaired) electrons. The van der Waals surface area contributed by atoms with Crippen molar-refractivity contribution in [1.29, 1.82) is 0 Å². The van der Waals surface area contributed by atoms with Crippen LogP contribution in [0, 0.1) is 0 Å². The lowest BCUT2D eigenvalue weighted by atomic mass is 10.1. The Morgan fingerprint density at radius 1 is 0.957 bits per heavy atom. The molecule has 0 aliphatic heterocycles. The molecule has 246 valence electrons. The van der Waals surface area contributed by atoms with Crippen LogP contribution in [0.2, 0.25) is 0 Å². The number of pyridine rings is 1. The summed E-state index contributed by atoms with van der Waals surface area (Å²) in [5.41, 5.74) is -2.84. The van der Waals surface area contributed by atoms with Crippen molar-refractivity contribution >= 4 is 40.3 Å². The molecule has 0 aliphatic carbocycles. The smallest absolute Gasteiger partial charge is 0.418 e. The lowest BCUT2D eigenvalue weighted by Crippen LogP contribution is -2.26. The average Bonchev–Trinajstić information content (AvgIpc) is 3.27. The summed E-state index contributed by atoms with van der Waals surface area (Å²) < 4.78 is 117. The van der Waals surface area contributed by atoms with Gasteiger partial charge in [-0.25, -0.2) is 13.8 Å². The highest BCUT2D eigenvalue weighted by Crippen LogP contribution is 2.37. The number of hydrogen-bond acceptors (Lipinski definition) is 7. The van der Waals surface area contributed by atoms with Crippen molar-refractivity contribution in [3.8, 4) is 5.88 Å². The van der Waals surface area contributed by atoms with Crippen molar-refractivity contribution in [2.24, 2.45) is 7.05 Å². The number of anilines is 3. The summed E-state index contributed by atoms with van der Waals surface area (Å²) in [5.74, 6) is -2.28. The number of methoxy groups -OCH3 is 1. The van der Waals surface area contributed by atoms with Gasteiger partial charge in [0, 0.05) is 26.4 Å². The van der Waals surface area contributed by atoms with Gasteiger partial charge in [-0.1, -0.05) is 6.07 Å². The molecule has 2 heterocycles. The third-order valence-corrected chi connectivity index (χ3v) is 6.27. The Morgan fingerprint density at radius 2 is 1.65 bits per heavy atom. The van der Waals surface area contributed by atoms with Gasteiger partial charge in [-0.05, 0) is 48.0 Å². The van der Waals surface area contributed by atoms with Gasteiger partial charge in [-0.3, -0.25) is 14.2 Å². The molecule has 0 saturated heterocycles. The monoisotopic (exact) mass is 660 g/mol. The molecule has 0 aliphatic rings. The highest BCUT2D eigenvalue weighted by molar-refractivity contribution is 6.07. The zero-order valence-electron chi connectivity index (χ0n) is 23.8. The highest BCUT2D eigenvalue weighted by atomic mass is 19.4. The van der Waals surface area contributed by atoms with Gasteiger partial charge in [0.25, 0.3) is 12.3 Å². The second kappa shape index (κ2) is 13.6. The molecule has 0 unspecified atom stereocenters. The number of fused-ring (bicyclic) bond motifs is 1. The Hall–Kier alpha value is -5.00. The fourth-order valence-corrected chi connectivity index (χ4v) is 4.12. The normalized spacial score (nSPS) is 12.0. The van der Waals surface area contributed by atoms with Crippen LogP contribution in [0.3, 0.4) is 0 Å². The van der Waals surface area contributed by atoms with E-state index in [1.165, 1.54) is 24.8 Å². The van der Waals surface area contributed by atoms with E-state index >= 15 is 0 Å². The van der Waals surface area contributed by atoms with Crippen molar-refractivity contribution in [1.82, 2.24) is 19.9 Å². The molecule has 3 N–H and O–H groups in total. The Kier molecular flexibility index (Phi) is 9.98. The van der Waals surface area contributed by atoms with Crippen LogP contribution in [0.25, 0.3) is 11.2 Å². The summed E-state index contributed by atoms with van der Waals surface area (Å²) in [6.45, 7) is -1.56. The first-order chi connectivity index (χ1) is 21.6. The second-order valence-electron chi connectivity index (χ2n) is 9.62. The van der Waals surface area contributed by atoms with E-state index in [1.54, 1.807) is 0 Å². The SMILES string of the molecule is COCC(=O)NCc1ccc(C(F)(F)F)c(Nc2nc3cc(C(=O)Nc4ccc(C(F)(F)F)cc4)c(OCC(F)F)nc3n2C)c1. The summed E-state index contributed by atoms with van der Waals surface area (Å²) in [7, 11) is 2.65. The van der Waals surface area contributed by atoms with Crippen molar-refractivity contribution in [3.05, 3.63) is 70.8 Å². The molecule has 2 amide bonds. The van der Waals surface area contributed by atoms with Crippen LogP contribution in [0.1, 0.15) is 27.0 Å². The molecule has 0 spiro atoms. The van der Waals surface area contributed by atoms with Gasteiger partial charge in [0.05, 0.1) is 16.8 Å². The summed E-state index contributed by atoms with van der Waals surface area (Å²) in [4.78, 5) is 33.1. The van der Waals surface area contributed by atoms with E-state index in [1.807, 2.05) is 0 Å². The van der Waals surface area contributed by atoms with E-state index in [2.05, 4.69) is 25.9 Å². The summed E-state index contributed by atoms with van der Waals surface area (Å²) >= 11 is 0. The third kappa shape index (κ3) is 8.17. The van der Waals surface area contributed by atoms with Gasteiger partial charge < -0.3 is 25.4 Å². The number of carbonyl (C=O) groups is 2. The summed E-state index contributed by atoms with van der Waals surface area (Å²) in [6.07, 6.45) is -12.4. The molecule has 0 fully saturated rings. The molecular formula is C28H24F8N6O4. The fraction of sp³-hybridized carbons (Fsp3) is 0.286. The topological polar surface area (TPSA) is 119 Å². The number of benzene rings is 2. The largest absolute Gasteiger partial charge is 0.471 e.